The number of pyridine rings is 1. The van der Waals surface area contributed by atoms with Crippen LogP contribution in [0.1, 0.15) is 17.3 Å². The Labute approximate surface area is 118 Å². The maximum absolute atomic E-state index is 12.3. The van der Waals surface area contributed by atoms with Crippen LogP contribution < -0.4 is 11.1 Å². The zero-order valence-electron chi connectivity index (χ0n) is 11.1. The van der Waals surface area contributed by atoms with E-state index in [0.29, 0.717) is 21.9 Å². The number of carbonyl (C=O) groups is 1. The van der Waals surface area contributed by atoms with Gasteiger partial charge in [-0.2, -0.15) is 0 Å². The molecule has 0 bridgehead atoms. The lowest BCUT2D eigenvalue weighted by molar-refractivity contribution is 0.0524. The molecule has 21 heavy (non-hydrogen) atoms. The zero-order valence-corrected chi connectivity index (χ0v) is 11.1. The van der Waals surface area contributed by atoms with Crippen molar-refractivity contribution in [3.63, 3.8) is 0 Å². The predicted octanol–water partition coefficient (Wildman–Crippen LogP) is 1.81. The molecule has 6 heteroatoms. The normalized spacial score (nSPS) is 10.9. The summed E-state index contributed by atoms with van der Waals surface area (Å²) in [6.45, 7) is 1.86. The molecule has 0 aliphatic rings. The minimum absolute atomic E-state index is 0.0546. The van der Waals surface area contributed by atoms with Crippen molar-refractivity contribution in [3.8, 4) is 0 Å². The first-order valence-corrected chi connectivity index (χ1v) is 6.37. The van der Waals surface area contributed by atoms with Gasteiger partial charge in [-0.15, -0.1) is 0 Å². The van der Waals surface area contributed by atoms with Gasteiger partial charge in [-0.3, -0.25) is 4.79 Å². The molecule has 6 nitrogen and oxygen atoms in total. The third kappa shape index (κ3) is 2.10. The van der Waals surface area contributed by atoms with Gasteiger partial charge in [0.15, 0.2) is 0 Å². The van der Waals surface area contributed by atoms with Crippen LogP contribution in [0.25, 0.3) is 21.9 Å². The average molecular weight is 285 g/mol. The van der Waals surface area contributed by atoms with E-state index >= 15 is 0 Å². The van der Waals surface area contributed by atoms with Crippen molar-refractivity contribution in [2.75, 3.05) is 6.61 Å². The maximum Gasteiger partial charge on any atom is 0.343 e. The summed E-state index contributed by atoms with van der Waals surface area (Å²) in [5, 5.41) is 0.932. The molecular weight excluding hydrogens is 274 g/mol. The second-order valence-corrected chi connectivity index (χ2v) is 4.41. The smallest absolute Gasteiger partial charge is 0.343 e. The van der Waals surface area contributed by atoms with Gasteiger partial charge in [0.25, 0.3) is 0 Å². The van der Waals surface area contributed by atoms with E-state index in [0.717, 1.165) is 0 Å². The number of nitrogens with one attached hydrogen (secondary N) is 1. The number of esters is 1. The first-order chi connectivity index (χ1) is 10.1. The Morgan fingerprint density at radius 1 is 1.19 bits per heavy atom. The lowest BCUT2D eigenvalue weighted by atomic mass is 10.1. The molecule has 0 aliphatic heterocycles. The topological polar surface area (TPSA) is 89.4 Å². The summed E-state index contributed by atoms with van der Waals surface area (Å²) in [4.78, 5) is 38.2. The van der Waals surface area contributed by atoms with Crippen molar-refractivity contribution in [2.45, 2.75) is 6.92 Å². The third-order valence-electron chi connectivity index (χ3n) is 3.15. The summed E-state index contributed by atoms with van der Waals surface area (Å²) in [7, 11) is 0. The molecule has 0 amide bonds. The van der Waals surface area contributed by atoms with Gasteiger partial charge in [0.1, 0.15) is 11.1 Å². The Bertz CT molecular complexity index is 967. The number of aromatic amines is 1. The van der Waals surface area contributed by atoms with Crippen molar-refractivity contribution >= 4 is 27.8 Å². The van der Waals surface area contributed by atoms with Crippen molar-refractivity contribution in [2.24, 2.45) is 0 Å². The van der Waals surface area contributed by atoms with Crippen LogP contribution >= 0.6 is 0 Å². The summed E-state index contributed by atoms with van der Waals surface area (Å²) in [6.07, 6.45) is 1.31. The average Bonchev–Trinajstić information content (AvgIpc) is 2.47. The van der Waals surface area contributed by atoms with Crippen LogP contribution in [0, 0.1) is 0 Å². The van der Waals surface area contributed by atoms with Gasteiger partial charge >= 0.3 is 11.6 Å². The van der Waals surface area contributed by atoms with E-state index in [1.165, 1.54) is 24.4 Å². The third-order valence-corrected chi connectivity index (χ3v) is 3.15. The molecule has 0 spiro atoms. The van der Waals surface area contributed by atoms with Crippen molar-refractivity contribution in [3.05, 3.63) is 56.7 Å². The molecule has 0 atom stereocenters. The molecule has 0 aliphatic carbocycles. The van der Waals surface area contributed by atoms with E-state index < -0.39 is 17.0 Å². The van der Waals surface area contributed by atoms with Gasteiger partial charge in [0.05, 0.1) is 12.1 Å². The number of carbonyl (C=O) groups excluding carboxylic acids is 1. The minimum Gasteiger partial charge on any atom is -0.462 e. The van der Waals surface area contributed by atoms with Crippen LogP contribution in [0.4, 0.5) is 0 Å². The number of H-pyrrole nitrogens is 1. The first kappa shape index (κ1) is 13.1. The fourth-order valence-electron chi connectivity index (χ4n) is 2.21. The summed E-state index contributed by atoms with van der Waals surface area (Å²) in [5.41, 5.74) is -0.0624. The highest BCUT2D eigenvalue weighted by molar-refractivity contribution is 6.04. The van der Waals surface area contributed by atoms with E-state index in [-0.39, 0.29) is 12.2 Å². The van der Waals surface area contributed by atoms with Gasteiger partial charge < -0.3 is 14.1 Å². The van der Waals surface area contributed by atoms with E-state index in [4.69, 9.17) is 9.15 Å². The van der Waals surface area contributed by atoms with Gasteiger partial charge in [0, 0.05) is 23.0 Å². The van der Waals surface area contributed by atoms with E-state index in [2.05, 4.69) is 4.98 Å². The number of fused-ring (bicyclic) bond motifs is 3. The van der Waals surface area contributed by atoms with Crippen LogP contribution in [-0.2, 0) is 4.74 Å². The number of hydrogen-bond acceptors (Lipinski definition) is 5. The Morgan fingerprint density at radius 3 is 2.71 bits per heavy atom. The molecule has 0 saturated heterocycles. The number of aromatic nitrogens is 1. The predicted molar refractivity (Wildman–Crippen MR) is 76.6 cm³/mol. The minimum atomic E-state index is -0.666. The highest BCUT2D eigenvalue weighted by atomic mass is 16.5. The van der Waals surface area contributed by atoms with E-state index in [1.54, 1.807) is 13.0 Å². The molecule has 0 unspecified atom stereocenters. The first-order valence-electron chi connectivity index (χ1n) is 6.37. The quantitative estimate of drug-likeness (QED) is 0.440. The Kier molecular flexibility index (Phi) is 3.06. The molecular formula is C15H11NO5. The second kappa shape index (κ2) is 4.90. The summed E-state index contributed by atoms with van der Waals surface area (Å²) >= 11 is 0. The monoisotopic (exact) mass is 285 g/mol. The molecule has 0 fully saturated rings. The van der Waals surface area contributed by atoms with Crippen LogP contribution in [0.5, 0.6) is 0 Å². The van der Waals surface area contributed by atoms with E-state index in [9.17, 15) is 14.4 Å². The molecule has 2 heterocycles. The Balaban J connectivity index is 2.33. The fraction of sp³-hybridized carbons (Fsp3) is 0.133. The fourth-order valence-corrected chi connectivity index (χ4v) is 2.21. The molecule has 0 saturated carbocycles. The summed E-state index contributed by atoms with van der Waals surface area (Å²) in [6, 6.07) is 5.90. The van der Waals surface area contributed by atoms with Gasteiger partial charge in [0.2, 0.25) is 5.43 Å². The zero-order chi connectivity index (χ0) is 15.0. The summed E-state index contributed by atoms with van der Waals surface area (Å²) < 4.78 is 9.90. The number of benzene rings is 1. The van der Waals surface area contributed by atoms with Crippen LogP contribution in [0.3, 0.4) is 0 Å². The van der Waals surface area contributed by atoms with Gasteiger partial charge in [-0.25, -0.2) is 9.59 Å². The van der Waals surface area contributed by atoms with Crippen LogP contribution in [-0.4, -0.2) is 17.6 Å². The maximum atomic E-state index is 12.3. The van der Waals surface area contributed by atoms with Crippen molar-refractivity contribution in [1.82, 2.24) is 4.98 Å². The molecule has 106 valence electrons. The van der Waals surface area contributed by atoms with E-state index in [1.807, 2.05) is 0 Å². The highest BCUT2D eigenvalue weighted by Crippen LogP contribution is 2.20. The number of ether oxygens (including phenoxy) is 1. The molecule has 3 aromatic rings. The molecule has 3 rings (SSSR count). The number of rotatable bonds is 2. The molecule has 0 radical (unpaired) electrons. The van der Waals surface area contributed by atoms with Gasteiger partial charge in [-0.1, -0.05) is 0 Å². The Morgan fingerprint density at radius 2 is 1.95 bits per heavy atom. The highest BCUT2D eigenvalue weighted by Gasteiger charge is 2.15. The standard InChI is InChI=1S/C15H11NO5/c1-2-20-15(19)10-7-16-13-8-4-6-12(17)21-11(8)5-3-9(13)14(10)18/h3-7H,2H2,1H3,(H,16,18). The molecule has 1 N–H and O–H groups in total. The van der Waals surface area contributed by atoms with Crippen LogP contribution in [0.15, 0.2) is 44.5 Å². The number of hydrogen-bond donors (Lipinski definition) is 1. The Hall–Kier alpha value is -2.89. The summed E-state index contributed by atoms with van der Waals surface area (Å²) in [5.74, 6) is -0.666. The van der Waals surface area contributed by atoms with Crippen molar-refractivity contribution in [1.29, 1.82) is 0 Å². The lowest BCUT2D eigenvalue weighted by Crippen LogP contribution is -2.18. The van der Waals surface area contributed by atoms with Crippen molar-refractivity contribution < 1.29 is 13.9 Å². The SMILES string of the molecule is CCOC(=O)c1c[nH]c2c(ccc3oc(=O)ccc32)c1=O. The largest absolute Gasteiger partial charge is 0.462 e. The lowest BCUT2D eigenvalue weighted by Gasteiger charge is -2.05. The van der Waals surface area contributed by atoms with Gasteiger partial charge in [-0.05, 0) is 25.1 Å². The molecule has 2 aromatic heterocycles. The van der Waals surface area contributed by atoms with Crippen LogP contribution in [0.2, 0.25) is 0 Å². The molecule has 1 aromatic carbocycles. The second-order valence-electron chi connectivity index (χ2n) is 4.41.